The molecule has 2 aliphatic rings. The van der Waals surface area contributed by atoms with Gasteiger partial charge in [0.15, 0.2) is 0 Å². The summed E-state index contributed by atoms with van der Waals surface area (Å²) in [7, 11) is 0. The minimum absolute atomic E-state index is 0.00813. The van der Waals surface area contributed by atoms with E-state index in [1.165, 1.54) is 0 Å². The molecule has 26 heavy (non-hydrogen) atoms. The van der Waals surface area contributed by atoms with E-state index in [0.717, 1.165) is 36.9 Å². The number of nitrogens with zero attached hydrogens (tertiary/aromatic N) is 1. The Morgan fingerprint density at radius 2 is 2.04 bits per heavy atom. The molecule has 2 N–H and O–H groups in total. The molecule has 0 bridgehead atoms. The Labute approximate surface area is 154 Å². The Balaban J connectivity index is 1.61. The maximum absolute atomic E-state index is 12.9. The van der Waals surface area contributed by atoms with Gasteiger partial charge in [0.25, 0.3) is 5.91 Å². The molecule has 0 spiro atoms. The molecule has 6 nitrogen and oxygen atoms in total. The van der Waals surface area contributed by atoms with Gasteiger partial charge in [0.2, 0.25) is 11.8 Å². The third-order valence-electron chi connectivity index (χ3n) is 5.19. The van der Waals surface area contributed by atoms with E-state index in [2.05, 4.69) is 10.6 Å². The summed E-state index contributed by atoms with van der Waals surface area (Å²) in [6.07, 6.45) is 5.14. The number of hydrogen-bond donors (Lipinski definition) is 2. The van der Waals surface area contributed by atoms with E-state index < -0.39 is 0 Å². The van der Waals surface area contributed by atoms with Crippen LogP contribution in [0.15, 0.2) is 18.2 Å². The molecule has 0 aromatic heterocycles. The van der Waals surface area contributed by atoms with Crippen LogP contribution in [-0.4, -0.2) is 42.3 Å². The van der Waals surface area contributed by atoms with Crippen LogP contribution < -0.4 is 10.6 Å². The molecule has 1 saturated carbocycles. The van der Waals surface area contributed by atoms with Gasteiger partial charge in [-0.2, -0.15) is 0 Å². The predicted molar refractivity (Wildman–Crippen MR) is 99.9 cm³/mol. The van der Waals surface area contributed by atoms with Gasteiger partial charge in [0, 0.05) is 43.2 Å². The number of aryl methyl sites for hydroxylation is 1. The zero-order valence-electron chi connectivity index (χ0n) is 15.3. The van der Waals surface area contributed by atoms with Crippen LogP contribution in [0.3, 0.4) is 0 Å². The lowest BCUT2D eigenvalue weighted by Gasteiger charge is -2.26. The van der Waals surface area contributed by atoms with Crippen molar-refractivity contribution < 1.29 is 14.4 Å². The topological polar surface area (TPSA) is 78.5 Å². The normalized spacial score (nSPS) is 16.3. The van der Waals surface area contributed by atoms with Gasteiger partial charge in [-0.3, -0.25) is 14.4 Å². The maximum atomic E-state index is 12.9. The molecule has 0 radical (unpaired) electrons. The molecule has 140 valence electrons. The molecule has 1 aliphatic heterocycles. The van der Waals surface area contributed by atoms with E-state index in [0.29, 0.717) is 38.0 Å². The Kier molecular flexibility index (Phi) is 5.91. The van der Waals surface area contributed by atoms with Gasteiger partial charge in [0.1, 0.15) is 0 Å². The largest absolute Gasteiger partial charge is 0.354 e. The zero-order chi connectivity index (χ0) is 18.5. The predicted octanol–water partition coefficient (Wildman–Crippen LogP) is 2.34. The second-order valence-corrected chi connectivity index (χ2v) is 7.13. The number of hydrogen-bond acceptors (Lipinski definition) is 3. The third-order valence-corrected chi connectivity index (χ3v) is 5.19. The summed E-state index contributed by atoms with van der Waals surface area (Å²) in [5, 5.41) is 5.79. The Morgan fingerprint density at radius 3 is 2.73 bits per heavy atom. The van der Waals surface area contributed by atoms with Gasteiger partial charge in [-0.05, 0) is 43.4 Å². The van der Waals surface area contributed by atoms with Crippen LogP contribution in [0.2, 0.25) is 0 Å². The first-order valence-electron chi connectivity index (χ1n) is 9.58. The number of nitrogens with one attached hydrogen (secondary N) is 2. The van der Waals surface area contributed by atoms with E-state index in [1.807, 2.05) is 19.1 Å². The summed E-state index contributed by atoms with van der Waals surface area (Å²) in [5.74, 6) is 0.199. The first-order valence-corrected chi connectivity index (χ1v) is 9.58. The highest BCUT2D eigenvalue weighted by Gasteiger charge is 2.25. The summed E-state index contributed by atoms with van der Waals surface area (Å²) in [5.41, 5.74) is 2.38. The minimum atomic E-state index is -0.0626. The summed E-state index contributed by atoms with van der Waals surface area (Å²) in [6, 6.07) is 5.52. The van der Waals surface area contributed by atoms with Crippen LogP contribution in [0.25, 0.3) is 0 Å². The Morgan fingerprint density at radius 1 is 1.23 bits per heavy atom. The highest BCUT2D eigenvalue weighted by atomic mass is 16.2. The molecular weight excluding hydrogens is 330 g/mol. The van der Waals surface area contributed by atoms with Crippen LogP contribution >= 0.6 is 0 Å². The fraction of sp³-hybridized carbons (Fsp3) is 0.550. The molecule has 1 heterocycles. The maximum Gasteiger partial charge on any atom is 0.253 e. The second-order valence-electron chi connectivity index (χ2n) is 7.13. The van der Waals surface area contributed by atoms with Gasteiger partial charge >= 0.3 is 0 Å². The van der Waals surface area contributed by atoms with E-state index in [-0.39, 0.29) is 23.6 Å². The van der Waals surface area contributed by atoms with Crippen LogP contribution in [0.4, 0.5) is 5.69 Å². The Bertz CT molecular complexity index is 698. The summed E-state index contributed by atoms with van der Waals surface area (Å²) in [6.45, 7) is 3.64. The number of fused-ring (bicyclic) bond motifs is 1. The smallest absolute Gasteiger partial charge is 0.253 e. The van der Waals surface area contributed by atoms with Crippen molar-refractivity contribution in [3.8, 4) is 0 Å². The average molecular weight is 357 g/mol. The van der Waals surface area contributed by atoms with E-state index in [9.17, 15) is 14.4 Å². The number of amides is 3. The van der Waals surface area contributed by atoms with E-state index in [4.69, 9.17) is 0 Å². The molecule has 3 rings (SSSR count). The lowest BCUT2D eigenvalue weighted by atomic mass is 9.85. The van der Waals surface area contributed by atoms with Gasteiger partial charge in [-0.1, -0.05) is 19.4 Å². The molecule has 6 heteroatoms. The van der Waals surface area contributed by atoms with E-state index >= 15 is 0 Å². The highest BCUT2D eigenvalue weighted by Crippen LogP contribution is 2.26. The van der Waals surface area contributed by atoms with Gasteiger partial charge < -0.3 is 15.5 Å². The molecule has 0 unspecified atom stereocenters. The van der Waals surface area contributed by atoms with Crippen molar-refractivity contribution in [3.05, 3.63) is 29.3 Å². The fourth-order valence-corrected chi connectivity index (χ4v) is 3.40. The quantitative estimate of drug-likeness (QED) is 0.786. The summed E-state index contributed by atoms with van der Waals surface area (Å²) >= 11 is 0. The minimum Gasteiger partial charge on any atom is -0.354 e. The van der Waals surface area contributed by atoms with Crippen LogP contribution in [0, 0.1) is 5.92 Å². The number of anilines is 1. The molecule has 1 aliphatic carbocycles. The van der Waals surface area contributed by atoms with Crippen molar-refractivity contribution in [2.24, 2.45) is 5.92 Å². The first-order chi connectivity index (χ1) is 12.6. The zero-order valence-corrected chi connectivity index (χ0v) is 15.3. The standard InChI is InChI=1S/C20H27N3O3/c1-2-11-23(12-10-21-19(25)15-4-3-5-15)20(26)16-7-6-14-8-9-18(24)22-17(14)13-16/h6-7,13,15H,2-5,8-12H2,1H3,(H,21,25)(H,22,24). The Hall–Kier alpha value is -2.37. The van der Waals surface area contributed by atoms with Crippen molar-refractivity contribution in [2.45, 2.75) is 45.4 Å². The number of rotatable bonds is 7. The molecular formula is C20H27N3O3. The monoisotopic (exact) mass is 357 g/mol. The van der Waals surface area contributed by atoms with Crippen LogP contribution in [0.1, 0.15) is 54.9 Å². The van der Waals surface area contributed by atoms with Crippen LogP contribution in [-0.2, 0) is 16.0 Å². The number of benzene rings is 1. The summed E-state index contributed by atoms with van der Waals surface area (Å²) < 4.78 is 0. The lowest BCUT2D eigenvalue weighted by molar-refractivity contribution is -0.127. The molecule has 1 aromatic carbocycles. The van der Waals surface area contributed by atoms with Gasteiger partial charge in [0.05, 0.1) is 0 Å². The first kappa shape index (κ1) is 18.4. The van der Waals surface area contributed by atoms with Crippen molar-refractivity contribution >= 4 is 23.4 Å². The third kappa shape index (κ3) is 4.23. The summed E-state index contributed by atoms with van der Waals surface area (Å²) in [4.78, 5) is 38.2. The molecule has 1 aromatic rings. The highest BCUT2D eigenvalue weighted by molar-refractivity contribution is 5.99. The molecule has 1 fully saturated rings. The molecule has 3 amide bonds. The van der Waals surface area contributed by atoms with Crippen LogP contribution in [0.5, 0.6) is 0 Å². The molecule has 0 atom stereocenters. The average Bonchev–Trinajstić information content (AvgIpc) is 2.58. The number of carbonyl (C=O) groups excluding carboxylic acids is 3. The van der Waals surface area contributed by atoms with Gasteiger partial charge in [-0.15, -0.1) is 0 Å². The van der Waals surface area contributed by atoms with Gasteiger partial charge in [-0.25, -0.2) is 0 Å². The van der Waals surface area contributed by atoms with Crippen molar-refractivity contribution in [2.75, 3.05) is 25.0 Å². The second kappa shape index (κ2) is 8.34. The van der Waals surface area contributed by atoms with Crippen molar-refractivity contribution in [3.63, 3.8) is 0 Å². The lowest BCUT2D eigenvalue weighted by Crippen LogP contribution is -2.41. The molecule has 0 saturated heterocycles. The SMILES string of the molecule is CCCN(CCNC(=O)C1CCC1)C(=O)c1ccc2c(c1)NC(=O)CC2. The fourth-order valence-electron chi connectivity index (χ4n) is 3.40. The van der Waals surface area contributed by atoms with Crippen molar-refractivity contribution in [1.82, 2.24) is 10.2 Å². The van der Waals surface area contributed by atoms with Crippen molar-refractivity contribution in [1.29, 1.82) is 0 Å². The van der Waals surface area contributed by atoms with E-state index in [1.54, 1.807) is 11.0 Å². The number of carbonyl (C=O) groups is 3.